The molecule has 21 heavy (non-hydrogen) atoms. The maximum Gasteiger partial charge on any atom is 0.128 e. The van der Waals surface area contributed by atoms with Crippen LogP contribution in [0.1, 0.15) is 55.4 Å². The predicted molar refractivity (Wildman–Crippen MR) is 93.5 cm³/mol. The third kappa shape index (κ3) is 2.70. The van der Waals surface area contributed by atoms with Crippen molar-refractivity contribution in [3.63, 3.8) is 0 Å². The molecule has 1 aliphatic carbocycles. The van der Waals surface area contributed by atoms with Crippen molar-refractivity contribution in [2.24, 2.45) is 0 Å². The lowest BCUT2D eigenvalue weighted by Crippen LogP contribution is -2.26. The number of aromatic nitrogens is 2. The van der Waals surface area contributed by atoms with Gasteiger partial charge in [0.15, 0.2) is 0 Å². The molecule has 1 aromatic heterocycles. The van der Waals surface area contributed by atoms with Crippen molar-refractivity contribution in [1.82, 2.24) is 9.55 Å². The molecular weight excluding hydrogens is 300 g/mol. The van der Waals surface area contributed by atoms with Gasteiger partial charge in [-0.15, -0.1) is 11.6 Å². The zero-order valence-corrected chi connectivity index (χ0v) is 14.5. The summed E-state index contributed by atoms with van der Waals surface area (Å²) in [5.74, 6) is 1.03. The van der Waals surface area contributed by atoms with Crippen LogP contribution in [0, 0.1) is 6.92 Å². The second-order valence-electron chi connectivity index (χ2n) is 6.02. The van der Waals surface area contributed by atoms with Crippen molar-refractivity contribution in [1.29, 1.82) is 0 Å². The number of nitrogens with zero attached hydrogens (tertiary/aromatic N) is 2. The van der Waals surface area contributed by atoms with Crippen LogP contribution in [0.3, 0.4) is 0 Å². The van der Waals surface area contributed by atoms with Crippen LogP contribution in [0.5, 0.6) is 0 Å². The van der Waals surface area contributed by atoms with Crippen LogP contribution in [0.15, 0.2) is 18.2 Å². The van der Waals surface area contributed by atoms with E-state index in [0.29, 0.717) is 11.3 Å². The van der Waals surface area contributed by atoms with Gasteiger partial charge < -0.3 is 4.57 Å². The number of benzene rings is 1. The normalized spacial score (nSPS) is 24.4. The average Bonchev–Trinajstić information content (AvgIpc) is 2.88. The maximum absolute atomic E-state index is 6.45. The fourth-order valence-corrected chi connectivity index (χ4v) is 4.68. The first-order valence-corrected chi connectivity index (χ1v) is 9.50. The van der Waals surface area contributed by atoms with E-state index in [1.807, 2.05) is 18.7 Å². The fraction of sp³-hybridized carbons (Fsp3) is 0.588. The molecule has 0 aliphatic heterocycles. The van der Waals surface area contributed by atoms with E-state index in [4.69, 9.17) is 16.6 Å². The lowest BCUT2D eigenvalue weighted by molar-refractivity contribution is 0.363. The van der Waals surface area contributed by atoms with E-state index >= 15 is 0 Å². The topological polar surface area (TPSA) is 17.8 Å². The monoisotopic (exact) mass is 322 g/mol. The van der Waals surface area contributed by atoms with Crippen LogP contribution in [0.25, 0.3) is 11.0 Å². The van der Waals surface area contributed by atoms with Gasteiger partial charge in [0.05, 0.1) is 16.4 Å². The van der Waals surface area contributed by atoms with Crippen LogP contribution >= 0.6 is 23.4 Å². The van der Waals surface area contributed by atoms with Crippen LogP contribution < -0.4 is 0 Å². The fourth-order valence-electron chi connectivity index (χ4n) is 3.55. The number of aryl methyl sites for hydroxylation is 1. The minimum atomic E-state index is -0.0544. The molecule has 2 nitrogen and oxygen atoms in total. The molecule has 2 aromatic rings. The number of imidazole rings is 1. The Bertz CT molecular complexity index is 635. The summed E-state index contributed by atoms with van der Waals surface area (Å²) in [4.78, 5) is 4.88. The van der Waals surface area contributed by atoms with E-state index in [0.717, 1.165) is 11.3 Å². The molecule has 3 unspecified atom stereocenters. The summed E-state index contributed by atoms with van der Waals surface area (Å²) in [5, 5.41) is 0.618. The van der Waals surface area contributed by atoms with E-state index in [2.05, 4.69) is 35.9 Å². The number of rotatable bonds is 3. The molecule has 0 bridgehead atoms. The number of fused-ring (bicyclic) bond motifs is 1. The number of alkyl halides is 1. The van der Waals surface area contributed by atoms with E-state index < -0.39 is 0 Å². The van der Waals surface area contributed by atoms with Crippen molar-refractivity contribution in [2.75, 3.05) is 6.26 Å². The lowest BCUT2D eigenvalue weighted by atomic mass is 9.94. The molecule has 1 saturated carbocycles. The number of thioether (sulfide) groups is 1. The Kier molecular flexibility index (Phi) is 4.51. The highest BCUT2D eigenvalue weighted by Crippen LogP contribution is 2.40. The molecule has 114 valence electrons. The van der Waals surface area contributed by atoms with Gasteiger partial charge in [0, 0.05) is 11.3 Å². The van der Waals surface area contributed by atoms with Crippen LogP contribution in [0.4, 0.5) is 0 Å². The zero-order valence-electron chi connectivity index (χ0n) is 13.0. The summed E-state index contributed by atoms with van der Waals surface area (Å²) in [5.41, 5.74) is 3.61. The van der Waals surface area contributed by atoms with Gasteiger partial charge >= 0.3 is 0 Å². The summed E-state index contributed by atoms with van der Waals surface area (Å²) in [6, 6.07) is 6.99. The molecule has 0 saturated heterocycles. The predicted octanol–water partition coefficient (Wildman–Crippen LogP) is 5.49. The zero-order chi connectivity index (χ0) is 15.0. The molecule has 4 heteroatoms. The summed E-state index contributed by atoms with van der Waals surface area (Å²) >= 11 is 8.45. The highest BCUT2D eigenvalue weighted by atomic mass is 35.5. The Labute approximate surface area is 136 Å². The third-order valence-electron chi connectivity index (χ3n) is 4.61. The highest BCUT2D eigenvalue weighted by molar-refractivity contribution is 7.99. The Balaban J connectivity index is 2.19. The first-order chi connectivity index (χ1) is 10.1. The Morgan fingerprint density at radius 3 is 2.81 bits per heavy atom. The number of halogens is 1. The molecule has 0 radical (unpaired) electrons. The molecule has 0 N–H and O–H groups in total. The van der Waals surface area contributed by atoms with Gasteiger partial charge in [-0.3, -0.25) is 0 Å². The van der Waals surface area contributed by atoms with Gasteiger partial charge in [-0.2, -0.15) is 11.8 Å². The van der Waals surface area contributed by atoms with Crippen molar-refractivity contribution >= 4 is 34.4 Å². The molecule has 1 aromatic carbocycles. The Hall–Kier alpha value is -0.670. The molecule has 3 atom stereocenters. The molecular formula is C17H23ClN2S. The van der Waals surface area contributed by atoms with E-state index in [1.54, 1.807) is 0 Å². The minimum absolute atomic E-state index is 0.0544. The van der Waals surface area contributed by atoms with Gasteiger partial charge in [-0.25, -0.2) is 4.98 Å². The van der Waals surface area contributed by atoms with Crippen molar-refractivity contribution in [2.45, 2.75) is 56.2 Å². The highest BCUT2D eigenvalue weighted by Gasteiger charge is 2.30. The molecule has 3 rings (SSSR count). The van der Waals surface area contributed by atoms with Crippen LogP contribution in [0.2, 0.25) is 0 Å². The number of para-hydroxylation sites is 1. The quantitative estimate of drug-likeness (QED) is 0.695. The SMILES string of the molecule is CSC1CCCCC1n1c(C(C)Cl)nc2c(C)cccc21. The second kappa shape index (κ2) is 6.21. The van der Waals surface area contributed by atoms with Crippen molar-refractivity contribution in [3.8, 4) is 0 Å². The molecule has 1 aliphatic rings. The molecule has 1 fully saturated rings. The average molecular weight is 323 g/mol. The van der Waals surface area contributed by atoms with Gasteiger partial charge in [0.1, 0.15) is 5.82 Å². The minimum Gasteiger partial charge on any atom is -0.322 e. The van der Waals surface area contributed by atoms with Gasteiger partial charge in [0.25, 0.3) is 0 Å². The first-order valence-electron chi connectivity index (χ1n) is 7.77. The number of hydrogen-bond donors (Lipinski definition) is 0. The lowest BCUT2D eigenvalue weighted by Gasteiger charge is -2.33. The Morgan fingerprint density at radius 1 is 1.33 bits per heavy atom. The van der Waals surface area contributed by atoms with Crippen LogP contribution in [-0.4, -0.2) is 21.1 Å². The van der Waals surface area contributed by atoms with Gasteiger partial charge in [-0.05, 0) is 44.6 Å². The standard InChI is InChI=1S/C17H23ClN2S/c1-11-7-6-9-14-16(11)19-17(12(2)18)20(14)13-8-4-5-10-15(13)21-3/h6-7,9,12-13,15H,4-5,8,10H2,1-3H3. The molecule has 0 spiro atoms. The Morgan fingerprint density at radius 2 is 2.10 bits per heavy atom. The van der Waals surface area contributed by atoms with Crippen molar-refractivity contribution < 1.29 is 0 Å². The summed E-state index contributed by atoms with van der Waals surface area (Å²) in [7, 11) is 0. The second-order valence-corrected chi connectivity index (χ2v) is 7.76. The van der Waals surface area contributed by atoms with E-state index in [1.165, 1.54) is 36.8 Å². The largest absolute Gasteiger partial charge is 0.322 e. The maximum atomic E-state index is 6.45. The van der Waals surface area contributed by atoms with E-state index in [9.17, 15) is 0 Å². The van der Waals surface area contributed by atoms with E-state index in [-0.39, 0.29) is 5.38 Å². The number of hydrogen-bond acceptors (Lipinski definition) is 2. The van der Waals surface area contributed by atoms with Gasteiger partial charge in [-0.1, -0.05) is 25.0 Å². The van der Waals surface area contributed by atoms with Gasteiger partial charge in [0.2, 0.25) is 0 Å². The van der Waals surface area contributed by atoms with Crippen LogP contribution in [-0.2, 0) is 0 Å². The third-order valence-corrected chi connectivity index (χ3v) is 5.96. The van der Waals surface area contributed by atoms with Crippen molar-refractivity contribution in [3.05, 3.63) is 29.6 Å². The summed E-state index contributed by atoms with van der Waals surface area (Å²) in [6.07, 6.45) is 7.43. The molecule has 0 amide bonds. The smallest absolute Gasteiger partial charge is 0.128 e. The molecule has 1 heterocycles. The first kappa shape index (κ1) is 15.2. The summed E-state index contributed by atoms with van der Waals surface area (Å²) < 4.78 is 2.44. The summed E-state index contributed by atoms with van der Waals surface area (Å²) in [6.45, 7) is 4.17.